The van der Waals surface area contributed by atoms with Crippen molar-refractivity contribution in [2.45, 2.75) is 30.9 Å². The predicted octanol–water partition coefficient (Wildman–Crippen LogP) is 3.33. The van der Waals surface area contributed by atoms with Gasteiger partial charge in [0.1, 0.15) is 17.7 Å². The van der Waals surface area contributed by atoms with Crippen molar-refractivity contribution in [3.63, 3.8) is 0 Å². The van der Waals surface area contributed by atoms with Crippen LogP contribution in [0.5, 0.6) is 5.75 Å². The summed E-state index contributed by atoms with van der Waals surface area (Å²) >= 11 is 0. The molecule has 31 heavy (non-hydrogen) atoms. The fraction of sp³-hybridized carbons (Fsp3) is 0.364. The highest BCUT2D eigenvalue weighted by molar-refractivity contribution is 6.07. The van der Waals surface area contributed by atoms with E-state index in [4.69, 9.17) is 15.2 Å². The number of benzene rings is 2. The Kier molecular flexibility index (Phi) is 5.38. The largest absolute Gasteiger partial charge is 0.490 e. The smallest absolute Gasteiger partial charge is 0.261 e. The van der Waals surface area contributed by atoms with Crippen LogP contribution in [0.4, 0.5) is 13.2 Å². The van der Waals surface area contributed by atoms with Crippen molar-refractivity contribution in [2.75, 3.05) is 20.8 Å². The number of aliphatic imine (C=N–C) groups is 1. The number of fused-ring (bicyclic) bond motifs is 2. The van der Waals surface area contributed by atoms with Gasteiger partial charge in [0.25, 0.3) is 5.91 Å². The molecule has 0 radical (unpaired) electrons. The molecule has 1 spiro atoms. The standard InChI is InChI=1S/C22H22F3N3O3/c1-28-20(29)22(27-21(28)26)11-14(4-3-7-30-2)31-18-6-5-12(8-16(18)22)15-9-13(23)10-17(24)19(15)25/h5-6,8-10,14H,3-4,7,11H2,1-2H3,(H2,26,27)/t14-,22+/m1/s1. The first-order valence-corrected chi connectivity index (χ1v) is 9.85. The predicted molar refractivity (Wildman–Crippen MR) is 108 cm³/mol. The SMILES string of the molecule is COCCC[C@@H]1C[C@]2(N=C(N)N(C)C2=O)c2cc(-c3cc(F)cc(F)c3F)ccc2O1. The third-order valence-corrected chi connectivity index (χ3v) is 5.73. The first-order chi connectivity index (χ1) is 14.8. The number of amides is 1. The number of nitrogens with zero attached hydrogens (tertiary/aromatic N) is 2. The number of methoxy groups -OCH3 is 1. The molecular weight excluding hydrogens is 411 g/mol. The van der Waals surface area contributed by atoms with Crippen molar-refractivity contribution in [3.8, 4) is 16.9 Å². The highest BCUT2D eigenvalue weighted by Crippen LogP contribution is 2.47. The van der Waals surface area contributed by atoms with Crippen LogP contribution in [0.15, 0.2) is 35.3 Å². The van der Waals surface area contributed by atoms with Crippen molar-refractivity contribution < 1.29 is 27.4 Å². The Hall–Kier alpha value is -3.07. The molecular formula is C22H22F3N3O3. The van der Waals surface area contributed by atoms with Gasteiger partial charge >= 0.3 is 0 Å². The van der Waals surface area contributed by atoms with Gasteiger partial charge in [-0.05, 0) is 36.6 Å². The van der Waals surface area contributed by atoms with E-state index < -0.39 is 23.0 Å². The van der Waals surface area contributed by atoms with Crippen LogP contribution in [0.25, 0.3) is 11.1 Å². The number of carbonyl (C=O) groups excluding carboxylic acids is 1. The second-order valence-electron chi connectivity index (χ2n) is 7.73. The van der Waals surface area contributed by atoms with E-state index in [-0.39, 0.29) is 35.5 Å². The highest BCUT2D eigenvalue weighted by Gasteiger charge is 2.53. The Balaban J connectivity index is 1.83. The molecule has 9 heteroatoms. The van der Waals surface area contributed by atoms with Crippen molar-refractivity contribution in [1.29, 1.82) is 0 Å². The van der Waals surface area contributed by atoms with E-state index in [0.717, 1.165) is 12.5 Å². The third-order valence-electron chi connectivity index (χ3n) is 5.73. The zero-order valence-electron chi connectivity index (χ0n) is 17.1. The first kappa shape index (κ1) is 21.2. The Morgan fingerprint density at radius 1 is 1.29 bits per heavy atom. The molecule has 0 unspecified atom stereocenters. The minimum Gasteiger partial charge on any atom is -0.490 e. The van der Waals surface area contributed by atoms with Gasteiger partial charge in [0, 0.05) is 44.4 Å². The molecule has 2 aromatic carbocycles. The fourth-order valence-corrected chi connectivity index (χ4v) is 4.17. The summed E-state index contributed by atoms with van der Waals surface area (Å²) in [6.45, 7) is 0.544. The van der Waals surface area contributed by atoms with Crippen molar-refractivity contribution in [3.05, 3.63) is 53.3 Å². The van der Waals surface area contributed by atoms with Gasteiger partial charge in [-0.1, -0.05) is 6.07 Å². The number of guanidine groups is 1. The van der Waals surface area contributed by atoms with Crippen LogP contribution >= 0.6 is 0 Å². The Morgan fingerprint density at radius 3 is 2.74 bits per heavy atom. The molecule has 1 amide bonds. The molecule has 2 aliphatic rings. The summed E-state index contributed by atoms with van der Waals surface area (Å²) < 4.78 is 53.1. The summed E-state index contributed by atoms with van der Waals surface area (Å²) in [5.41, 5.74) is 4.93. The molecule has 6 nitrogen and oxygen atoms in total. The number of hydrogen-bond donors (Lipinski definition) is 1. The molecule has 2 aromatic rings. The van der Waals surface area contributed by atoms with Crippen LogP contribution in [0, 0.1) is 17.5 Å². The molecule has 0 fully saturated rings. The average molecular weight is 433 g/mol. The van der Waals surface area contributed by atoms with E-state index in [1.165, 1.54) is 24.1 Å². The Labute approximate surface area is 177 Å². The highest BCUT2D eigenvalue weighted by atomic mass is 19.2. The summed E-state index contributed by atoms with van der Waals surface area (Å²) in [6, 6.07) is 5.94. The first-order valence-electron chi connectivity index (χ1n) is 9.85. The molecule has 4 rings (SSSR count). The van der Waals surface area contributed by atoms with Crippen LogP contribution in [0.2, 0.25) is 0 Å². The topological polar surface area (TPSA) is 77.2 Å². The molecule has 2 heterocycles. The van der Waals surface area contributed by atoms with Crippen LogP contribution in [-0.4, -0.2) is 43.6 Å². The number of rotatable bonds is 5. The molecule has 164 valence electrons. The quantitative estimate of drug-likeness (QED) is 0.580. The molecule has 0 saturated heterocycles. The number of carbonyl (C=O) groups is 1. The van der Waals surface area contributed by atoms with Gasteiger partial charge in [-0.2, -0.15) is 0 Å². The lowest BCUT2D eigenvalue weighted by Crippen LogP contribution is -2.45. The maximum atomic E-state index is 14.4. The van der Waals surface area contributed by atoms with Gasteiger partial charge in [0.15, 0.2) is 23.1 Å². The van der Waals surface area contributed by atoms with Gasteiger partial charge in [-0.15, -0.1) is 0 Å². The minimum atomic E-state index is -1.34. The van der Waals surface area contributed by atoms with Gasteiger partial charge < -0.3 is 15.2 Å². The van der Waals surface area contributed by atoms with Crippen LogP contribution in [-0.2, 0) is 15.1 Å². The Morgan fingerprint density at radius 2 is 2.06 bits per heavy atom. The summed E-state index contributed by atoms with van der Waals surface area (Å²) in [7, 11) is 3.13. The maximum Gasteiger partial charge on any atom is 0.261 e. The van der Waals surface area contributed by atoms with Crippen molar-refractivity contribution >= 4 is 11.9 Å². The average Bonchev–Trinajstić information content (AvgIpc) is 2.95. The molecule has 2 atom stereocenters. The minimum absolute atomic E-state index is 0.0573. The summed E-state index contributed by atoms with van der Waals surface area (Å²) in [5.74, 6) is -3.26. The molecule has 0 aliphatic carbocycles. The second kappa shape index (κ2) is 7.88. The molecule has 0 saturated carbocycles. The number of likely N-dealkylation sites (N-methyl/N-ethyl adjacent to an activating group) is 1. The zero-order valence-corrected chi connectivity index (χ0v) is 17.1. The van der Waals surface area contributed by atoms with E-state index in [1.54, 1.807) is 13.2 Å². The lowest BCUT2D eigenvalue weighted by molar-refractivity contribution is -0.132. The van der Waals surface area contributed by atoms with Gasteiger partial charge in [0.05, 0.1) is 0 Å². The Bertz CT molecular complexity index is 1080. The molecule has 0 aromatic heterocycles. The number of hydrogen-bond acceptors (Lipinski definition) is 5. The van der Waals surface area contributed by atoms with Crippen LogP contribution < -0.4 is 10.5 Å². The second-order valence-corrected chi connectivity index (χ2v) is 7.73. The third kappa shape index (κ3) is 3.52. The van der Waals surface area contributed by atoms with Gasteiger partial charge in [-0.25, -0.2) is 18.2 Å². The molecule has 2 aliphatic heterocycles. The van der Waals surface area contributed by atoms with E-state index >= 15 is 0 Å². The van der Waals surface area contributed by atoms with E-state index in [2.05, 4.69) is 4.99 Å². The normalized spacial score (nSPS) is 22.5. The monoisotopic (exact) mass is 433 g/mol. The van der Waals surface area contributed by atoms with Gasteiger partial charge in [0.2, 0.25) is 0 Å². The lowest BCUT2D eigenvalue weighted by atomic mass is 9.79. The van der Waals surface area contributed by atoms with Crippen molar-refractivity contribution in [1.82, 2.24) is 4.90 Å². The lowest BCUT2D eigenvalue weighted by Gasteiger charge is -2.37. The number of ether oxygens (including phenoxy) is 2. The van der Waals surface area contributed by atoms with E-state index in [0.29, 0.717) is 30.4 Å². The fourth-order valence-electron chi connectivity index (χ4n) is 4.17. The van der Waals surface area contributed by atoms with Crippen LogP contribution in [0.1, 0.15) is 24.8 Å². The van der Waals surface area contributed by atoms with Gasteiger partial charge in [-0.3, -0.25) is 9.69 Å². The molecule has 0 bridgehead atoms. The summed E-state index contributed by atoms with van der Waals surface area (Å²) in [4.78, 5) is 18.9. The van der Waals surface area contributed by atoms with Crippen molar-refractivity contribution in [2.24, 2.45) is 10.7 Å². The number of nitrogens with two attached hydrogens (primary N) is 1. The summed E-state index contributed by atoms with van der Waals surface area (Å²) in [5, 5.41) is 0. The number of halogens is 3. The summed E-state index contributed by atoms with van der Waals surface area (Å²) in [6.07, 6.45) is 1.27. The zero-order chi connectivity index (χ0) is 22.3. The van der Waals surface area contributed by atoms with E-state index in [9.17, 15) is 18.0 Å². The van der Waals surface area contributed by atoms with Crippen LogP contribution in [0.3, 0.4) is 0 Å². The van der Waals surface area contributed by atoms with E-state index in [1.807, 2.05) is 0 Å². The maximum absolute atomic E-state index is 14.4. The molecule has 2 N–H and O–H groups in total.